The Labute approximate surface area is 130 Å². The zero-order valence-electron chi connectivity index (χ0n) is 12.4. The van der Waals surface area contributed by atoms with Gasteiger partial charge < -0.3 is 5.32 Å². The third-order valence-corrected chi connectivity index (χ3v) is 2.83. The van der Waals surface area contributed by atoms with Crippen LogP contribution in [0.1, 0.15) is 24.5 Å². The second kappa shape index (κ2) is 8.29. The van der Waals surface area contributed by atoms with Crippen molar-refractivity contribution >= 4 is 5.69 Å². The van der Waals surface area contributed by atoms with E-state index in [0.717, 1.165) is 24.1 Å². The largest absolute Gasteiger partial charge is 0.382 e. The first-order valence-corrected chi connectivity index (χ1v) is 7.10. The fourth-order valence-electron chi connectivity index (χ4n) is 1.70. The molecule has 0 amide bonds. The van der Waals surface area contributed by atoms with Crippen LogP contribution in [-0.4, -0.2) is 11.5 Å². The molecule has 0 saturated heterocycles. The lowest BCUT2D eigenvalue weighted by Crippen LogP contribution is -2.08. The van der Waals surface area contributed by atoms with Crippen LogP contribution in [-0.2, 0) is 0 Å². The number of nitrogens with one attached hydrogen (secondary N) is 1. The van der Waals surface area contributed by atoms with Crippen molar-refractivity contribution in [3.05, 3.63) is 70.1 Å². The van der Waals surface area contributed by atoms with Gasteiger partial charge in [0.15, 0.2) is 0 Å². The van der Waals surface area contributed by atoms with Crippen LogP contribution >= 0.6 is 0 Å². The van der Waals surface area contributed by atoms with Crippen molar-refractivity contribution in [2.24, 2.45) is 0 Å². The van der Waals surface area contributed by atoms with E-state index < -0.39 is 0 Å². The van der Waals surface area contributed by atoms with Gasteiger partial charge in [0.1, 0.15) is 0 Å². The van der Waals surface area contributed by atoms with E-state index in [-0.39, 0.29) is 5.43 Å². The monoisotopic (exact) mass is 288 g/mol. The standard InChI is InChI=1S/C19H16N2O/c1-2-13-21-18-9-7-16(8-10-19(18)22)5-3-4-6-17-11-14-20-15-12-17/h7-12,14-15H,2,13H2,1H3,(H,21,22). The average molecular weight is 288 g/mol. The molecule has 0 spiro atoms. The maximum absolute atomic E-state index is 11.8. The predicted octanol–water partition coefficient (Wildman–Crippen LogP) is 2.67. The maximum atomic E-state index is 11.8. The summed E-state index contributed by atoms with van der Waals surface area (Å²) in [6.45, 7) is 2.83. The molecule has 0 unspecified atom stereocenters. The summed E-state index contributed by atoms with van der Waals surface area (Å²) < 4.78 is 0. The predicted molar refractivity (Wildman–Crippen MR) is 89.5 cm³/mol. The van der Waals surface area contributed by atoms with Gasteiger partial charge >= 0.3 is 0 Å². The van der Waals surface area contributed by atoms with Gasteiger partial charge in [0.25, 0.3) is 0 Å². The highest BCUT2D eigenvalue weighted by Crippen LogP contribution is 2.01. The lowest BCUT2D eigenvalue weighted by atomic mass is 10.2. The Morgan fingerprint density at radius 1 is 0.955 bits per heavy atom. The molecule has 0 aliphatic carbocycles. The minimum Gasteiger partial charge on any atom is -0.382 e. The van der Waals surface area contributed by atoms with E-state index in [4.69, 9.17) is 0 Å². The molecule has 1 aromatic heterocycles. The van der Waals surface area contributed by atoms with E-state index in [1.807, 2.05) is 18.2 Å². The Morgan fingerprint density at radius 2 is 1.59 bits per heavy atom. The van der Waals surface area contributed by atoms with Crippen molar-refractivity contribution in [2.45, 2.75) is 13.3 Å². The van der Waals surface area contributed by atoms with Crippen molar-refractivity contribution in [3.63, 3.8) is 0 Å². The molecule has 0 aliphatic rings. The number of hydrogen-bond donors (Lipinski definition) is 1. The van der Waals surface area contributed by atoms with Crippen LogP contribution in [0.2, 0.25) is 0 Å². The Kier molecular flexibility index (Phi) is 5.79. The van der Waals surface area contributed by atoms with Crippen LogP contribution in [0.3, 0.4) is 0 Å². The first-order chi connectivity index (χ1) is 10.8. The Bertz CT molecular complexity index is 806. The smallest absolute Gasteiger partial charge is 0.201 e. The number of aromatic nitrogens is 1. The Hall–Kier alpha value is -3.04. The average Bonchev–Trinajstić information content (AvgIpc) is 2.73. The minimum atomic E-state index is -0.0376. The van der Waals surface area contributed by atoms with Crippen molar-refractivity contribution in [3.8, 4) is 23.7 Å². The van der Waals surface area contributed by atoms with E-state index in [1.165, 1.54) is 6.07 Å². The molecule has 2 rings (SSSR count). The molecule has 1 aromatic carbocycles. The molecule has 1 N–H and O–H groups in total. The number of pyridine rings is 1. The normalized spacial score (nSPS) is 8.95. The summed E-state index contributed by atoms with van der Waals surface area (Å²) in [5.74, 6) is 11.5. The van der Waals surface area contributed by atoms with Crippen molar-refractivity contribution in [1.82, 2.24) is 4.98 Å². The fraction of sp³-hybridized carbons (Fsp3) is 0.158. The third-order valence-electron chi connectivity index (χ3n) is 2.83. The van der Waals surface area contributed by atoms with Gasteiger partial charge in [0.2, 0.25) is 5.43 Å². The molecule has 22 heavy (non-hydrogen) atoms. The van der Waals surface area contributed by atoms with E-state index >= 15 is 0 Å². The summed E-state index contributed by atoms with van der Waals surface area (Å²) in [6.07, 6.45) is 4.35. The van der Waals surface area contributed by atoms with Crippen molar-refractivity contribution in [2.75, 3.05) is 11.9 Å². The van der Waals surface area contributed by atoms with E-state index in [2.05, 4.69) is 40.9 Å². The van der Waals surface area contributed by atoms with Crippen LogP contribution in [0.5, 0.6) is 0 Å². The van der Waals surface area contributed by atoms with Crippen molar-refractivity contribution in [1.29, 1.82) is 0 Å². The summed E-state index contributed by atoms with van der Waals surface area (Å²) >= 11 is 0. The molecule has 2 aromatic rings. The fourth-order valence-corrected chi connectivity index (χ4v) is 1.70. The molecule has 1 heterocycles. The van der Waals surface area contributed by atoms with Gasteiger partial charge in [-0.15, -0.1) is 0 Å². The quantitative estimate of drug-likeness (QED) is 0.883. The zero-order chi connectivity index (χ0) is 15.6. The van der Waals surface area contributed by atoms with Gasteiger partial charge in [-0.2, -0.15) is 0 Å². The number of nitrogens with zero attached hydrogens (tertiary/aromatic N) is 1. The van der Waals surface area contributed by atoms with Gasteiger partial charge in [-0.1, -0.05) is 18.8 Å². The molecule has 0 saturated carbocycles. The SMILES string of the molecule is CCCNc1ccc(C#CC#Cc2ccncc2)ccc1=O. The third kappa shape index (κ3) is 4.81. The molecule has 0 fully saturated rings. The molecule has 0 aliphatic heterocycles. The summed E-state index contributed by atoms with van der Waals surface area (Å²) in [6, 6.07) is 10.5. The van der Waals surface area contributed by atoms with Gasteiger partial charge in [-0.05, 0) is 54.7 Å². The highest BCUT2D eigenvalue weighted by molar-refractivity contribution is 5.48. The molecule has 3 nitrogen and oxygen atoms in total. The topological polar surface area (TPSA) is 42.0 Å². The van der Waals surface area contributed by atoms with Crippen LogP contribution in [0.25, 0.3) is 0 Å². The first kappa shape index (κ1) is 15.4. The van der Waals surface area contributed by atoms with E-state index in [1.54, 1.807) is 24.5 Å². The molecule has 0 atom stereocenters. The number of anilines is 1. The lowest BCUT2D eigenvalue weighted by Gasteiger charge is -1.99. The number of hydrogen-bond acceptors (Lipinski definition) is 3. The summed E-state index contributed by atoms with van der Waals surface area (Å²) in [7, 11) is 0. The number of rotatable bonds is 3. The molecule has 0 radical (unpaired) electrons. The highest BCUT2D eigenvalue weighted by Gasteiger charge is 1.95. The molecule has 0 bridgehead atoms. The Morgan fingerprint density at radius 3 is 2.27 bits per heavy atom. The molecular weight excluding hydrogens is 272 g/mol. The van der Waals surface area contributed by atoms with Gasteiger partial charge in [0.05, 0.1) is 5.69 Å². The van der Waals surface area contributed by atoms with Crippen LogP contribution < -0.4 is 10.7 Å². The molecule has 3 heteroatoms. The van der Waals surface area contributed by atoms with Gasteiger partial charge in [0, 0.05) is 30.1 Å². The first-order valence-electron chi connectivity index (χ1n) is 7.10. The van der Waals surface area contributed by atoms with E-state index in [0.29, 0.717) is 5.69 Å². The Balaban J connectivity index is 2.15. The van der Waals surface area contributed by atoms with Crippen LogP contribution in [0, 0.1) is 23.7 Å². The van der Waals surface area contributed by atoms with Crippen LogP contribution in [0.4, 0.5) is 5.69 Å². The van der Waals surface area contributed by atoms with Crippen molar-refractivity contribution < 1.29 is 0 Å². The van der Waals surface area contributed by atoms with Gasteiger partial charge in [-0.3, -0.25) is 9.78 Å². The summed E-state index contributed by atoms with van der Waals surface area (Å²) in [4.78, 5) is 15.8. The molecular formula is C19H16N2O. The van der Waals surface area contributed by atoms with E-state index in [9.17, 15) is 4.79 Å². The van der Waals surface area contributed by atoms with Crippen LogP contribution in [0.15, 0.2) is 53.6 Å². The van der Waals surface area contributed by atoms with Gasteiger partial charge in [-0.25, -0.2) is 0 Å². The minimum absolute atomic E-state index is 0.0376. The second-order valence-corrected chi connectivity index (χ2v) is 4.56. The zero-order valence-corrected chi connectivity index (χ0v) is 12.4. The summed E-state index contributed by atoms with van der Waals surface area (Å²) in [5, 5.41) is 3.10. The lowest BCUT2D eigenvalue weighted by molar-refractivity contribution is 0.978. The summed E-state index contributed by atoms with van der Waals surface area (Å²) in [5.41, 5.74) is 2.18. The maximum Gasteiger partial charge on any atom is 0.201 e. The highest BCUT2D eigenvalue weighted by atomic mass is 16.1. The second-order valence-electron chi connectivity index (χ2n) is 4.56. The molecule has 108 valence electrons.